The second-order valence-electron chi connectivity index (χ2n) is 6.08. The Morgan fingerprint density at radius 1 is 0.900 bits per heavy atom. The van der Waals surface area contributed by atoms with Gasteiger partial charge < -0.3 is 20.1 Å². The van der Waals surface area contributed by atoms with Crippen molar-refractivity contribution in [2.24, 2.45) is 0 Å². The summed E-state index contributed by atoms with van der Waals surface area (Å²) in [6.07, 6.45) is 0. The summed E-state index contributed by atoms with van der Waals surface area (Å²) in [6, 6.07) is 12.3. The zero-order chi connectivity index (χ0) is 21.5. The maximum absolute atomic E-state index is 14.0. The Balaban J connectivity index is 1.94. The molecular weight excluding hydrogens is 407 g/mol. The molecule has 0 spiro atoms. The number of amides is 2. The van der Waals surface area contributed by atoms with Gasteiger partial charge in [-0.1, -0.05) is 18.2 Å². The fraction of sp³-hybridized carbons (Fsp3) is 0.182. The number of anilines is 2. The van der Waals surface area contributed by atoms with E-state index in [0.29, 0.717) is 41.0 Å². The van der Waals surface area contributed by atoms with Gasteiger partial charge >= 0.3 is 0 Å². The highest BCUT2D eigenvalue weighted by molar-refractivity contribution is 7.12. The number of carbonyl (C=O) groups is 2. The van der Waals surface area contributed by atoms with Gasteiger partial charge in [-0.05, 0) is 37.4 Å². The number of rotatable bonds is 8. The van der Waals surface area contributed by atoms with Crippen molar-refractivity contribution in [3.05, 3.63) is 70.2 Å². The Bertz CT molecular complexity index is 1040. The third kappa shape index (κ3) is 4.96. The maximum Gasteiger partial charge on any atom is 0.265 e. The molecule has 6 nitrogen and oxygen atoms in total. The minimum Gasteiger partial charge on any atom is -0.492 e. The van der Waals surface area contributed by atoms with Crippen LogP contribution in [0.15, 0.2) is 53.9 Å². The van der Waals surface area contributed by atoms with Crippen LogP contribution in [-0.2, 0) is 0 Å². The van der Waals surface area contributed by atoms with Crippen LogP contribution in [0, 0.1) is 5.82 Å². The standard InChI is InChI=1S/C22H21FN2O4S/c1-3-28-18-13-17(25-22(27)20-10-7-11-30-20)19(29-4-2)12-16(18)24-21(26)14-8-5-6-9-15(14)23/h5-13H,3-4H2,1-2H3,(H,24,26)(H,25,27). The lowest BCUT2D eigenvalue weighted by Gasteiger charge is -2.17. The summed E-state index contributed by atoms with van der Waals surface area (Å²) in [7, 11) is 0. The first-order valence-corrected chi connectivity index (χ1v) is 10.3. The van der Waals surface area contributed by atoms with Crippen LogP contribution < -0.4 is 20.1 Å². The van der Waals surface area contributed by atoms with Crippen molar-refractivity contribution >= 4 is 34.5 Å². The van der Waals surface area contributed by atoms with Gasteiger partial charge in [-0.15, -0.1) is 11.3 Å². The van der Waals surface area contributed by atoms with Gasteiger partial charge in [0.05, 0.1) is 35.0 Å². The summed E-state index contributed by atoms with van der Waals surface area (Å²) in [4.78, 5) is 25.6. The Hall–Kier alpha value is -3.39. The van der Waals surface area contributed by atoms with Gasteiger partial charge in [-0.2, -0.15) is 0 Å². The molecule has 0 fully saturated rings. The van der Waals surface area contributed by atoms with Crippen LogP contribution in [0.2, 0.25) is 0 Å². The minimum absolute atomic E-state index is 0.0898. The maximum atomic E-state index is 14.0. The Morgan fingerprint density at radius 3 is 2.03 bits per heavy atom. The van der Waals surface area contributed by atoms with E-state index in [4.69, 9.17) is 9.47 Å². The summed E-state index contributed by atoms with van der Waals surface area (Å²) in [5, 5.41) is 7.29. The van der Waals surface area contributed by atoms with Gasteiger partial charge in [0.1, 0.15) is 17.3 Å². The lowest BCUT2D eigenvalue weighted by atomic mass is 10.1. The third-order valence-corrected chi connectivity index (χ3v) is 4.91. The molecule has 0 saturated carbocycles. The van der Waals surface area contributed by atoms with Gasteiger partial charge in [0, 0.05) is 12.1 Å². The Labute approximate surface area is 177 Å². The van der Waals surface area contributed by atoms with Crippen LogP contribution in [0.4, 0.5) is 15.8 Å². The van der Waals surface area contributed by atoms with Gasteiger partial charge in [0.2, 0.25) is 0 Å². The van der Waals surface area contributed by atoms with E-state index in [1.54, 1.807) is 44.2 Å². The monoisotopic (exact) mass is 428 g/mol. The van der Waals surface area contributed by atoms with E-state index in [1.165, 1.54) is 29.5 Å². The normalized spacial score (nSPS) is 10.4. The van der Waals surface area contributed by atoms with Crippen LogP contribution in [0.5, 0.6) is 11.5 Å². The number of nitrogens with one attached hydrogen (secondary N) is 2. The second kappa shape index (κ2) is 9.89. The van der Waals surface area contributed by atoms with Gasteiger partial charge in [-0.25, -0.2) is 4.39 Å². The Morgan fingerprint density at radius 2 is 1.50 bits per heavy atom. The van der Waals surface area contributed by atoms with E-state index in [1.807, 2.05) is 5.38 Å². The number of halogens is 1. The molecule has 3 aromatic rings. The molecule has 1 heterocycles. The average Bonchev–Trinajstić information content (AvgIpc) is 3.26. The molecule has 2 aromatic carbocycles. The molecule has 0 bridgehead atoms. The van der Waals surface area contributed by atoms with E-state index in [9.17, 15) is 14.0 Å². The Kier molecular flexibility index (Phi) is 7.03. The topological polar surface area (TPSA) is 76.7 Å². The quantitative estimate of drug-likeness (QED) is 0.518. The van der Waals surface area contributed by atoms with E-state index in [0.717, 1.165) is 0 Å². The molecule has 0 aliphatic rings. The first-order chi connectivity index (χ1) is 14.5. The number of carbonyl (C=O) groups excluding carboxylic acids is 2. The first-order valence-electron chi connectivity index (χ1n) is 9.37. The van der Waals surface area contributed by atoms with Crippen LogP contribution in [0.1, 0.15) is 33.9 Å². The molecule has 0 saturated heterocycles. The highest BCUT2D eigenvalue weighted by atomic mass is 32.1. The van der Waals surface area contributed by atoms with Gasteiger partial charge in [0.15, 0.2) is 0 Å². The summed E-state index contributed by atoms with van der Waals surface area (Å²) >= 11 is 1.32. The fourth-order valence-electron chi connectivity index (χ4n) is 2.73. The first kappa shape index (κ1) is 21.3. The average molecular weight is 428 g/mol. The highest BCUT2D eigenvalue weighted by Gasteiger charge is 2.19. The third-order valence-electron chi connectivity index (χ3n) is 4.04. The van der Waals surface area contributed by atoms with Gasteiger partial charge in [0.25, 0.3) is 11.8 Å². The van der Waals surface area contributed by atoms with E-state index in [2.05, 4.69) is 10.6 Å². The number of thiophene rings is 1. The smallest absolute Gasteiger partial charge is 0.265 e. The lowest BCUT2D eigenvalue weighted by molar-refractivity contribution is 0.101. The molecule has 2 N–H and O–H groups in total. The van der Waals surface area contributed by atoms with E-state index in [-0.39, 0.29) is 11.5 Å². The summed E-state index contributed by atoms with van der Waals surface area (Å²) < 4.78 is 25.3. The molecule has 8 heteroatoms. The van der Waals surface area contributed by atoms with Crippen molar-refractivity contribution in [3.8, 4) is 11.5 Å². The lowest BCUT2D eigenvalue weighted by Crippen LogP contribution is -2.16. The van der Waals surface area contributed by atoms with Crippen LogP contribution >= 0.6 is 11.3 Å². The highest BCUT2D eigenvalue weighted by Crippen LogP contribution is 2.37. The molecule has 2 amide bonds. The molecule has 0 aliphatic carbocycles. The molecule has 0 aliphatic heterocycles. The molecule has 0 radical (unpaired) electrons. The van der Waals surface area contributed by atoms with Crippen molar-refractivity contribution in [2.45, 2.75) is 13.8 Å². The zero-order valence-corrected chi connectivity index (χ0v) is 17.3. The molecule has 0 unspecified atom stereocenters. The number of hydrogen-bond donors (Lipinski definition) is 2. The predicted molar refractivity (Wildman–Crippen MR) is 115 cm³/mol. The van der Waals surface area contributed by atoms with Crippen LogP contribution in [0.25, 0.3) is 0 Å². The fourth-order valence-corrected chi connectivity index (χ4v) is 3.35. The van der Waals surface area contributed by atoms with E-state index >= 15 is 0 Å². The summed E-state index contributed by atoms with van der Waals surface area (Å²) in [5.41, 5.74) is 0.623. The minimum atomic E-state index is -0.627. The molecule has 30 heavy (non-hydrogen) atoms. The molecule has 0 atom stereocenters. The van der Waals surface area contributed by atoms with E-state index < -0.39 is 11.7 Å². The van der Waals surface area contributed by atoms with Crippen molar-refractivity contribution in [2.75, 3.05) is 23.8 Å². The van der Waals surface area contributed by atoms with Crippen molar-refractivity contribution in [3.63, 3.8) is 0 Å². The van der Waals surface area contributed by atoms with Crippen LogP contribution in [0.3, 0.4) is 0 Å². The van der Waals surface area contributed by atoms with Crippen molar-refractivity contribution in [1.82, 2.24) is 0 Å². The number of benzene rings is 2. The predicted octanol–water partition coefficient (Wildman–Crippen LogP) is 5.19. The zero-order valence-electron chi connectivity index (χ0n) is 16.5. The molecule has 1 aromatic heterocycles. The van der Waals surface area contributed by atoms with Gasteiger partial charge in [-0.3, -0.25) is 9.59 Å². The second-order valence-corrected chi connectivity index (χ2v) is 7.02. The SMILES string of the molecule is CCOc1cc(NC(=O)c2ccccc2F)c(OCC)cc1NC(=O)c1cccs1. The molecule has 3 rings (SSSR count). The molecular formula is C22H21FN2O4S. The van der Waals surface area contributed by atoms with Crippen LogP contribution in [-0.4, -0.2) is 25.0 Å². The van der Waals surface area contributed by atoms with Crippen molar-refractivity contribution < 1.29 is 23.5 Å². The van der Waals surface area contributed by atoms with Crippen molar-refractivity contribution in [1.29, 1.82) is 0 Å². The molecule has 156 valence electrons. The largest absolute Gasteiger partial charge is 0.492 e. The number of ether oxygens (including phenoxy) is 2. The summed E-state index contributed by atoms with van der Waals surface area (Å²) in [5.74, 6) is -0.844. The summed E-state index contributed by atoms with van der Waals surface area (Å²) in [6.45, 7) is 4.27. The number of hydrogen-bond acceptors (Lipinski definition) is 5.